The van der Waals surface area contributed by atoms with E-state index in [-0.39, 0.29) is 6.10 Å². The number of rotatable bonds is 6. The normalized spacial score (nSPS) is 16.1. The Bertz CT molecular complexity index is 1190. The molecule has 2 aromatic carbocycles. The lowest BCUT2D eigenvalue weighted by atomic mass is 10.1. The largest absolute Gasteiger partial charge is 0.383 e. The van der Waals surface area contributed by atoms with Crippen molar-refractivity contribution in [2.24, 2.45) is 0 Å². The molecule has 0 unspecified atom stereocenters. The first kappa shape index (κ1) is 19.8. The molecule has 3 heterocycles. The van der Waals surface area contributed by atoms with Gasteiger partial charge in [0.2, 0.25) is 5.95 Å². The number of nitrogens with one attached hydrogen (secondary N) is 1. The van der Waals surface area contributed by atoms with Crippen LogP contribution in [-0.4, -0.2) is 39.0 Å². The van der Waals surface area contributed by atoms with Crippen molar-refractivity contribution in [3.05, 3.63) is 65.2 Å². The lowest BCUT2D eigenvalue weighted by Gasteiger charge is -2.12. The number of nitrogens with zero attached hydrogens (tertiary/aromatic N) is 4. The van der Waals surface area contributed by atoms with Gasteiger partial charge in [-0.15, -0.1) is 5.10 Å². The Labute approximate surface area is 185 Å². The zero-order valence-corrected chi connectivity index (χ0v) is 17.7. The first-order valence-corrected chi connectivity index (χ1v) is 10.7. The highest BCUT2D eigenvalue weighted by atomic mass is 35.5. The highest BCUT2D eigenvalue weighted by Gasteiger charge is 2.20. The number of halogens is 1. The molecule has 8 heteroatoms. The molecule has 0 radical (unpaired) electrons. The zero-order valence-electron chi connectivity index (χ0n) is 17.0. The Morgan fingerprint density at radius 3 is 2.65 bits per heavy atom. The van der Waals surface area contributed by atoms with Crippen molar-refractivity contribution in [2.45, 2.75) is 25.5 Å². The molecule has 7 nitrogen and oxygen atoms in total. The van der Waals surface area contributed by atoms with E-state index in [0.29, 0.717) is 35.5 Å². The summed E-state index contributed by atoms with van der Waals surface area (Å²) in [6.45, 7) is 2.02. The quantitative estimate of drug-likeness (QED) is 0.468. The molecule has 1 aliphatic rings. The fraction of sp³-hybridized carbons (Fsp3) is 0.261. The van der Waals surface area contributed by atoms with E-state index in [1.54, 1.807) is 4.68 Å². The van der Waals surface area contributed by atoms with Crippen LogP contribution in [0.2, 0.25) is 5.02 Å². The molecule has 1 atom stereocenters. The first-order valence-electron chi connectivity index (χ1n) is 10.4. The van der Waals surface area contributed by atoms with Crippen molar-refractivity contribution < 1.29 is 4.74 Å². The predicted molar refractivity (Wildman–Crippen MR) is 123 cm³/mol. The van der Waals surface area contributed by atoms with E-state index in [2.05, 4.69) is 10.3 Å². The maximum Gasteiger partial charge on any atom is 0.225 e. The summed E-state index contributed by atoms with van der Waals surface area (Å²) in [5.41, 5.74) is 9.84. The van der Waals surface area contributed by atoms with Crippen LogP contribution < -0.4 is 11.1 Å². The molecule has 0 aliphatic carbocycles. The molecule has 158 valence electrons. The molecule has 0 spiro atoms. The minimum Gasteiger partial charge on any atom is -0.383 e. The number of nitrogens with two attached hydrogens (primary N) is 1. The van der Waals surface area contributed by atoms with Crippen LogP contribution in [0.1, 0.15) is 18.4 Å². The SMILES string of the molecule is Nc1c2c(-c3ccc(Cl)cc3)nc(NC[C@@H]3CCCO3)nc2nn1Cc1ccccc1. The molecule has 0 saturated carbocycles. The molecule has 1 saturated heterocycles. The second-order valence-electron chi connectivity index (χ2n) is 7.65. The summed E-state index contributed by atoms with van der Waals surface area (Å²) in [4.78, 5) is 9.44. The van der Waals surface area contributed by atoms with E-state index in [9.17, 15) is 0 Å². The molecular formula is C23H23ClN6O. The minimum atomic E-state index is 0.180. The van der Waals surface area contributed by atoms with Crippen LogP contribution in [0.25, 0.3) is 22.3 Å². The lowest BCUT2D eigenvalue weighted by molar-refractivity contribution is 0.120. The van der Waals surface area contributed by atoms with E-state index in [4.69, 9.17) is 32.2 Å². The van der Waals surface area contributed by atoms with Crippen molar-refractivity contribution in [3.8, 4) is 11.3 Å². The summed E-state index contributed by atoms with van der Waals surface area (Å²) in [6.07, 6.45) is 2.31. The lowest BCUT2D eigenvalue weighted by Crippen LogP contribution is -2.19. The van der Waals surface area contributed by atoms with Gasteiger partial charge in [0.25, 0.3) is 0 Å². The molecule has 1 aliphatic heterocycles. The van der Waals surface area contributed by atoms with Gasteiger partial charge in [0.15, 0.2) is 5.65 Å². The Morgan fingerprint density at radius 2 is 1.90 bits per heavy atom. The minimum absolute atomic E-state index is 0.180. The number of fused-ring (bicyclic) bond motifs is 1. The fourth-order valence-electron chi connectivity index (χ4n) is 3.84. The van der Waals surface area contributed by atoms with Crippen molar-refractivity contribution >= 4 is 34.4 Å². The molecule has 3 N–H and O–H groups in total. The smallest absolute Gasteiger partial charge is 0.225 e. The topological polar surface area (TPSA) is 90.9 Å². The monoisotopic (exact) mass is 434 g/mol. The molecule has 31 heavy (non-hydrogen) atoms. The van der Waals surface area contributed by atoms with Crippen molar-refractivity contribution in [3.63, 3.8) is 0 Å². The molecule has 1 fully saturated rings. The maximum atomic E-state index is 6.53. The zero-order chi connectivity index (χ0) is 21.2. The second-order valence-corrected chi connectivity index (χ2v) is 8.08. The Balaban J connectivity index is 1.56. The average Bonchev–Trinajstić information content (AvgIpc) is 3.41. The van der Waals surface area contributed by atoms with Crippen LogP contribution >= 0.6 is 11.6 Å². The van der Waals surface area contributed by atoms with Crippen LogP contribution in [0.15, 0.2) is 54.6 Å². The van der Waals surface area contributed by atoms with Crippen LogP contribution in [0.4, 0.5) is 11.8 Å². The van der Waals surface area contributed by atoms with Gasteiger partial charge in [-0.25, -0.2) is 9.67 Å². The van der Waals surface area contributed by atoms with Gasteiger partial charge in [-0.3, -0.25) is 0 Å². The Kier molecular flexibility index (Phi) is 5.44. The van der Waals surface area contributed by atoms with Crippen LogP contribution in [-0.2, 0) is 11.3 Å². The molecular weight excluding hydrogens is 412 g/mol. The maximum absolute atomic E-state index is 6.53. The molecule has 0 bridgehead atoms. The Morgan fingerprint density at radius 1 is 1.10 bits per heavy atom. The average molecular weight is 435 g/mol. The summed E-state index contributed by atoms with van der Waals surface area (Å²) in [7, 11) is 0. The third kappa shape index (κ3) is 4.19. The van der Waals surface area contributed by atoms with Crippen molar-refractivity contribution in [2.75, 3.05) is 24.2 Å². The summed E-state index contributed by atoms with van der Waals surface area (Å²) >= 11 is 6.10. The highest BCUT2D eigenvalue weighted by molar-refractivity contribution is 6.30. The van der Waals surface area contributed by atoms with Gasteiger partial charge in [-0.2, -0.15) is 4.98 Å². The van der Waals surface area contributed by atoms with Crippen LogP contribution in [0, 0.1) is 0 Å². The molecule has 4 aromatic rings. The van der Waals surface area contributed by atoms with Gasteiger partial charge in [0.05, 0.1) is 23.7 Å². The standard InChI is InChI=1S/C23H23ClN6O/c24-17-10-8-16(9-11-17)20-19-21(25)30(14-15-5-2-1-3-6-15)29-22(19)28-23(27-20)26-13-18-7-4-12-31-18/h1-3,5-6,8-11,18H,4,7,12-14,25H2,(H,26,28,29)/t18-/m0/s1. The third-order valence-electron chi connectivity index (χ3n) is 5.44. The van der Waals surface area contributed by atoms with Gasteiger partial charge < -0.3 is 15.8 Å². The van der Waals surface area contributed by atoms with E-state index in [1.807, 2.05) is 54.6 Å². The Hall–Kier alpha value is -3.16. The fourth-order valence-corrected chi connectivity index (χ4v) is 3.96. The number of hydrogen-bond donors (Lipinski definition) is 2. The highest BCUT2D eigenvalue weighted by Crippen LogP contribution is 2.32. The summed E-state index contributed by atoms with van der Waals surface area (Å²) in [5.74, 6) is 1.05. The molecule has 0 amide bonds. The third-order valence-corrected chi connectivity index (χ3v) is 5.70. The van der Waals surface area contributed by atoms with E-state index in [1.165, 1.54) is 0 Å². The number of anilines is 2. The first-order chi connectivity index (χ1) is 15.2. The molecule has 2 aromatic heterocycles. The van der Waals surface area contributed by atoms with E-state index in [0.717, 1.165) is 41.7 Å². The van der Waals surface area contributed by atoms with E-state index >= 15 is 0 Å². The summed E-state index contributed by atoms with van der Waals surface area (Å²) in [6, 6.07) is 17.6. The van der Waals surface area contributed by atoms with Gasteiger partial charge in [-0.1, -0.05) is 54.1 Å². The number of benzene rings is 2. The van der Waals surface area contributed by atoms with E-state index < -0.39 is 0 Å². The predicted octanol–water partition coefficient (Wildman–Crippen LogP) is 4.37. The van der Waals surface area contributed by atoms with Gasteiger partial charge in [-0.05, 0) is 30.5 Å². The summed E-state index contributed by atoms with van der Waals surface area (Å²) in [5, 5.41) is 9.41. The van der Waals surface area contributed by atoms with Gasteiger partial charge in [0, 0.05) is 23.7 Å². The van der Waals surface area contributed by atoms with Gasteiger partial charge in [0.1, 0.15) is 5.82 Å². The van der Waals surface area contributed by atoms with Crippen LogP contribution in [0.5, 0.6) is 0 Å². The number of nitrogen functional groups attached to an aromatic ring is 1. The van der Waals surface area contributed by atoms with Crippen molar-refractivity contribution in [1.29, 1.82) is 0 Å². The van der Waals surface area contributed by atoms with Gasteiger partial charge >= 0.3 is 0 Å². The number of aromatic nitrogens is 4. The number of ether oxygens (including phenoxy) is 1. The number of hydrogen-bond acceptors (Lipinski definition) is 6. The van der Waals surface area contributed by atoms with Crippen LogP contribution in [0.3, 0.4) is 0 Å². The van der Waals surface area contributed by atoms with Crippen molar-refractivity contribution in [1.82, 2.24) is 19.7 Å². The molecule has 5 rings (SSSR count). The second kappa shape index (κ2) is 8.53. The summed E-state index contributed by atoms with van der Waals surface area (Å²) < 4.78 is 7.48.